The standard InChI is InChI=1S/C28H38N4O2/c1-18(2)12-24(29)27(33)34-28(4,21-8-7-10-30-16-21)15-20-13-19(3)14-22-23-17-31(5)11-9-25(23)32(6)26(20)22/h7-8,10,13-14,16,18,24H,9,11-12,15,17,29H2,1-6H3. The van der Waals surface area contributed by atoms with Crippen LogP contribution in [0.25, 0.3) is 10.9 Å². The molecule has 6 nitrogen and oxygen atoms in total. The number of likely N-dealkylation sites (N-methyl/N-ethyl adjacent to an activating group) is 1. The first kappa shape index (κ1) is 24.4. The number of benzene rings is 1. The number of pyridine rings is 1. The van der Waals surface area contributed by atoms with Crippen LogP contribution >= 0.6 is 0 Å². The molecule has 0 spiro atoms. The number of nitrogens with zero attached hydrogens (tertiary/aromatic N) is 3. The fourth-order valence-electron chi connectivity index (χ4n) is 5.39. The summed E-state index contributed by atoms with van der Waals surface area (Å²) in [6.07, 6.45) is 5.70. The van der Waals surface area contributed by atoms with Gasteiger partial charge in [-0.2, -0.15) is 0 Å². The van der Waals surface area contributed by atoms with Gasteiger partial charge in [-0.25, -0.2) is 0 Å². The summed E-state index contributed by atoms with van der Waals surface area (Å²) in [7, 11) is 4.34. The fourth-order valence-corrected chi connectivity index (χ4v) is 5.39. The van der Waals surface area contributed by atoms with E-state index in [1.54, 1.807) is 12.4 Å². The molecule has 4 rings (SSSR count). The summed E-state index contributed by atoms with van der Waals surface area (Å²) >= 11 is 0. The number of ether oxygens (including phenoxy) is 1. The Morgan fingerprint density at radius 1 is 1.29 bits per heavy atom. The van der Waals surface area contributed by atoms with Gasteiger partial charge >= 0.3 is 5.97 Å². The zero-order chi connectivity index (χ0) is 24.6. The average molecular weight is 463 g/mol. The van der Waals surface area contributed by atoms with Crippen LogP contribution in [0.2, 0.25) is 0 Å². The molecule has 1 aromatic carbocycles. The van der Waals surface area contributed by atoms with Crippen molar-refractivity contribution in [2.45, 2.75) is 65.1 Å². The zero-order valence-corrected chi connectivity index (χ0v) is 21.4. The Morgan fingerprint density at radius 2 is 2.06 bits per heavy atom. The molecule has 1 aliphatic rings. The monoisotopic (exact) mass is 462 g/mol. The number of carbonyl (C=O) groups is 1. The summed E-state index contributed by atoms with van der Waals surface area (Å²) in [5.74, 6) is -0.0480. The summed E-state index contributed by atoms with van der Waals surface area (Å²) in [6, 6.07) is 7.74. The van der Waals surface area contributed by atoms with E-state index in [2.05, 4.69) is 61.5 Å². The molecule has 3 heterocycles. The molecule has 6 heteroatoms. The van der Waals surface area contributed by atoms with E-state index in [1.807, 2.05) is 19.1 Å². The van der Waals surface area contributed by atoms with Crippen LogP contribution in [0.1, 0.15) is 55.1 Å². The van der Waals surface area contributed by atoms with E-state index in [-0.39, 0.29) is 5.97 Å². The quantitative estimate of drug-likeness (QED) is 0.532. The molecule has 0 saturated carbocycles. The molecule has 182 valence electrons. The highest BCUT2D eigenvalue weighted by atomic mass is 16.6. The van der Waals surface area contributed by atoms with Gasteiger partial charge in [0.25, 0.3) is 0 Å². The van der Waals surface area contributed by atoms with Gasteiger partial charge in [0.05, 0.1) is 5.52 Å². The van der Waals surface area contributed by atoms with E-state index in [0.717, 1.165) is 25.1 Å². The number of aryl methyl sites for hydroxylation is 2. The Kier molecular flexibility index (Phi) is 6.83. The van der Waals surface area contributed by atoms with E-state index in [0.29, 0.717) is 18.8 Å². The van der Waals surface area contributed by atoms with Crippen molar-refractivity contribution in [2.24, 2.45) is 18.7 Å². The predicted octanol–water partition coefficient (Wildman–Crippen LogP) is 4.24. The molecule has 2 atom stereocenters. The molecular formula is C28H38N4O2. The molecule has 0 aliphatic carbocycles. The van der Waals surface area contributed by atoms with Crippen LogP contribution in [0.15, 0.2) is 36.7 Å². The average Bonchev–Trinajstić information content (AvgIpc) is 3.05. The predicted molar refractivity (Wildman–Crippen MR) is 137 cm³/mol. The van der Waals surface area contributed by atoms with Crippen molar-refractivity contribution in [1.82, 2.24) is 14.5 Å². The normalized spacial score (nSPS) is 16.9. The van der Waals surface area contributed by atoms with Crippen molar-refractivity contribution in [3.63, 3.8) is 0 Å². The summed E-state index contributed by atoms with van der Waals surface area (Å²) < 4.78 is 8.57. The van der Waals surface area contributed by atoms with Crippen molar-refractivity contribution < 1.29 is 9.53 Å². The summed E-state index contributed by atoms with van der Waals surface area (Å²) in [5.41, 5.74) is 12.6. The number of aromatic nitrogens is 2. The lowest BCUT2D eigenvalue weighted by atomic mass is 9.87. The van der Waals surface area contributed by atoms with Gasteiger partial charge in [-0.05, 0) is 56.5 Å². The van der Waals surface area contributed by atoms with E-state index in [4.69, 9.17) is 10.5 Å². The van der Waals surface area contributed by atoms with E-state index in [1.165, 1.54) is 33.3 Å². The van der Waals surface area contributed by atoms with Crippen LogP contribution in [-0.2, 0) is 41.6 Å². The molecule has 2 aromatic heterocycles. The summed E-state index contributed by atoms with van der Waals surface area (Å²) in [5, 5.41) is 1.30. The van der Waals surface area contributed by atoms with Gasteiger partial charge in [0, 0.05) is 62.0 Å². The minimum Gasteiger partial charge on any atom is -0.453 e. The number of carbonyl (C=O) groups excluding carboxylic acids is 1. The molecule has 0 radical (unpaired) electrons. The Labute approximate surface area is 203 Å². The third-order valence-electron chi connectivity index (χ3n) is 7.06. The summed E-state index contributed by atoms with van der Waals surface area (Å²) in [4.78, 5) is 19.8. The highest BCUT2D eigenvalue weighted by molar-refractivity contribution is 5.89. The number of fused-ring (bicyclic) bond motifs is 3. The number of hydrogen-bond donors (Lipinski definition) is 1. The lowest BCUT2D eigenvalue weighted by molar-refractivity contribution is -0.161. The van der Waals surface area contributed by atoms with E-state index in [9.17, 15) is 4.79 Å². The lowest BCUT2D eigenvalue weighted by Gasteiger charge is -2.32. The molecule has 0 fully saturated rings. The number of rotatable bonds is 7. The van der Waals surface area contributed by atoms with Gasteiger partial charge in [0.2, 0.25) is 0 Å². The van der Waals surface area contributed by atoms with Crippen molar-refractivity contribution in [3.8, 4) is 0 Å². The van der Waals surface area contributed by atoms with Crippen LogP contribution in [0.3, 0.4) is 0 Å². The first-order valence-electron chi connectivity index (χ1n) is 12.3. The van der Waals surface area contributed by atoms with Crippen LogP contribution in [0, 0.1) is 12.8 Å². The first-order chi connectivity index (χ1) is 16.1. The van der Waals surface area contributed by atoms with Crippen LogP contribution in [0.5, 0.6) is 0 Å². The van der Waals surface area contributed by atoms with Gasteiger partial charge in [-0.15, -0.1) is 0 Å². The second-order valence-corrected chi connectivity index (χ2v) is 10.6. The summed E-state index contributed by atoms with van der Waals surface area (Å²) in [6.45, 7) is 10.3. The molecular weight excluding hydrogens is 424 g/mol. The Balaban J connectivity index is 1.79. The molecule has 34 heavy (non-hydrogen) atoms. The first-order valence-corrected chi connectivity index (χ1v) is 12.3. The van der Waals surface area contributed by atoms with Gasteiger partial charge < -0.3 is 19.9 Å². The highest BCUT2D eigenvalue weighted by Gasteiger charge is 2.35. The van der Waals surface area contributed by atoms with Crippen molar-refractivity contribution >= 4 is 16.9 Å². The maximum absolute atomic E-state index is 13.1. The topological polar surface area (TPSA) is 73.4 Å². The second-order valence-electron chi connectivity index (χ2n) is 10.6. The minimum atomic E-state index is -0.887. The van der Waals surface area contributed by atoms with Gasteiger partial charge in [0.15, 0.2) is 0 Å². The molecule has 0 bridgehead atoms. The van der Waals surface area contributed by atoms with Gasteiger partial charge in [0.1, 0.15) is 11.6 Å². The van der Waals surface area contributed by atoms with Crippen LogP contribution < -0.4 is 5.73 Å². The molecule has 0 saturated heterocycles. The number of hydrogen-bond acceptors (Lipinski definition) is 5. The SMILES string of the molecule is Cc1cc(CC(C)(OC(=O)C(N)CC(C)C)c2cccnc2)c2c(c1)c1c(n2C)CCN(C)C1. The van der Waals surface area contributed by atoms with Crippen molar-refractivity contribution in [3.05, 3.63) is 64.6 Å². The molecule has 2 N–H and O–H groups in total. The molecule has 0 amide bonds. The van der Waals surface area contributed by atoms with Crippen LogP contribution in [-0.4, -0.2) is 40.1 Å². The van der Waals surface area contributed by atoms with Crippen molar-refractivity contribution in [1.29, 1.82) is 0 Å². The van der Waals surface area contributed by atoms with Gasteiger partial charge in [-0.3, -0.25) is 9.78 Å². The maximum Gasteiger partial charge on any atom is 0.323 e. The Morgan fingerprint density at radius 3 is 2.74 bits per heavy atom. The zero-order valence-electron chi connectivity index (χ0n) is 21.4. The fraction of sp³-hybridized carbons (Fsp3) is 0.500. The smallest absolute Gasteiger partial charge is 0.323 e. The van der Waals surface area contributed by atoms with E-state index < -0.39 is 11.6 Å². The third-order valence-corrected chi connectivity index (χ3v) is 7.06. The van der Waals surface area contributed by atoms with Crippen molar-refractivity contribution in [2.75, 3.05) is 13.6 Å². The Hall–Kier alpha value is -2.70. The molecule has 3 aromatic rings. The largest absolute Gasteiger partial charge is 0.453 e. The number of esters is 1. The molecule has 1 aliphatic heterocycles. The van der Waals surface area contributed by atoms with E-state index >= 15 is 0 Å². The number of nitrogens with two attached hydrogens (primary N) is 1. The second kappa shape index (κ2) is 9.51. The Bertz CT molecular complexity index is 1180. The highest BCUT2D eigenvalue weighted by Crippen LogP contribution is 2.37. The molecule has 2 unspecified atom stereocenters. The maximum atomic E-state index is 13.1. The lowest BCUT2D eigenvalue weighted by Crippen LogP contribution is -2.40. The minimum absolute atomic E-state index is 0.316. The van der Waals surface area contributed by atoms with Gasteiger partial charge in [-0.1, -0.05) is 31.5 Å². The van der Waals surface area contributed by atoms with Crippen LogP contribution in [0.4, 0.5) is 0 Å². The third kappa shape index (κ3) is 4.75.